The first-order valence-electron chi connectivity index (χ1n) is 6.25. The van der Waals surface area contributed by atoms with Gasteiger partial charge in [0.1, 0.15) is 6.04 Å². The number of amides is 1. The molecule has 0 saturated carbocycles. The third-order valence-corrected chi connectivity index (χ3v) is 3.84. The van der Waals surface area contributed by atoms with E-state index in [-0.39, 0.29) is 11.7 Å². The highest BCUT2D eigenvalue weighted by Crippen LogP contribution is 2.21. The first-order chi connectivity index (χ1) is 9.04. The highest BCUT2D eigenvalue weighted by Gasteiger charge is 2.18. The van der Waals surface area contributed by atoms with Gasteiger partial charge in [-0.2, -0.15) is 0 Å². The summed E-state index contributed by atoms with van der Waals surface area (Å²) < 4.78 is 0. The highest BCUT2D eigenvalue weighted by molar-refractivity contribution is 8.00. The third-order valence-electron chi connectivity index (χ3n) is 2.66. The number of benzene rings is 1. The van der Waals surface area contributed by atoms with Crippen molar-refractivity contribution >= 4 is 23.6 Å². The highest BCUT2D eigenvalue weighted by atomic mass is 32.2. The van der Waals surface area contributed by atoms with Crippen molar-refractivity contribution in [3.63, 3.8) is 0 Å². The molecule has 1 aromatic rings. The normalized spacial score (nSPS) is 11.9. The minimum Gasteiger partial charge on any atom is -0.480 e. The molecule has 0 aliphatic heterocycles. The number of nitrogens with one attached hydrogen (secondary N) is 1. The monoisotopic (exact) mass is 281 g/mol. The minimum atomic E-state index is -0.976. The van der Waals surface area contributed by atoms with Crippen LogP contribution in [-0.2, 0) is 9.59 Å². The van der Waals surface area contributed by atoms with Crippen LogP contribution in [0.5, 0.6) is 0 Å². The molecule has 0 saturated heterocycles. The number of aryl methyl sites for hydroxylation is 1. The summed E-state index contributed by atoms with van der Waals surface area (Å²) in [4.78, 5) is 23.7. The van der Waals surface area contributed by atoms with Gasteiger partial charge >= 0.3 is 5.97 Å². The summed E-state index contributed by atoms with van der Waals surface area (Å²) in [5.74, 6) is -0.983. The lowest BCUT2D eigenvalue weighted by Crippen LogP contribution is -2.41. The maximum Gasteiger partial charge on any atom is 0.326 e. The van der Waals surface area contributed by atoms with Gasteiger partial charge in [-0.15, -0.1) is 11.8 Å². The summed E-state index contributed by atoms with van der Waals surface area (Å²) in [6.07, 6.45) is 1.18. The van der Waals surface area contributed by atoms with Crippen LogP contribution in [-0.4, -0.2) is 28.8 Å². The Morgan fingerprint density at radius 1 is 1.37 bits per heavy atom. The van der Waals surface area contributed by atoms with Crippen molar-refractivity contribution in [1.82, 2.24) is 5.32 Å². The number of carboxylic acids is 1. The van der Waals surface area contributed by atoms with Crippen molar-refractivity contribution in [3.8, 4) is 0 Å². The van der Waals surface area contributed by atoms with E-state index in [9.17, 15) is 9.59 Å². The van der Waals surface area contributed by atoms with Gasteiger partial charge < -0.3 is 10.4 Å². The molecule has 2 N–H and O–H groups in total. The van der Waals surface area contributed by atoms with Crippen LogP contribution < -0.4 is 5.32 Å². The zero-order valence-electron chi connectivity index (χ0n) is 11.2. The number of carboxylic acid groups (broad SMARTS) is 1. The Bertz CT molecular complexity index is 448. The van der Waals surface area contributed by atoms with Crippen LogP contribution >= 0.6 is 11.8 Å². The lowest BCUT2D eigenvalue weighted by atomic mass is 10.2. The standard InChI is InChI=1S/C14H19NO3S/c1-3-6-11(14(17)18)15-13(16)9-19-12-8-5-4-7-10(12)2/h4-5,7-8,11H,3,6,9H2,1-2H3,(H,15,16)(H,17,18). The number of hydrogen-bond donors (Lipinski definition) is 2. The van der Waals surface area contributed by atoms with Gasteiger partial charge in [0.05, 0.1) is 5.75 Å². The zero-order valence-corrected chi connectivity index (χ0v) is 12.0. The maximum absolute atomic E-state index is 11.7. The molecule has 4 nitrogen and oxygen atoms in total. The van der Waals surface area contributed by atoms with E-state index in [0.717, 1.165) is 16.9 Å². The number of aliphatic carboxylic acids is 1. The molecule has 19 heavy (non-hydrogen) atoms. The largest absolute Gasteiger partial charge is 0.480 e. The Labute approximate surface area is 117 Å². The van der Waals surface area contributed by atoms with Crippen LogP contribution in [0.3, 0.4) is 0 Å². The van der Waals surface area contributed by atoms with E-state index in [1.54, 1.807) is 0 Å². The lowest BCUT2D eigenvalue weighted by Gasteiger charge is -2.13. The van der Waals surface area contributed by atoms with Crippen molar-refractivity contribution in [1.29, 1.82) is 0 Å². The number of rotatable bonds is 7. The molecule has 1 rings (SSSR count). The smallest absolute Gasteiger partial charge is 0.326 e. The van der Waals surface area contributed by atoms with E-state index in [2.05, 4.69) is 5.32 Å². The van der Waals surface area contributed by atoms with Gasteiger partial charge in [0.25, 0.3) is 0 Å². The Morgan fingerprint density at radius 2 is 2.05 bits per heavy atom. The zero-order chi connectivity index (χ0) is 14.3. The summed E-state index contributed by atoms with van der Waals surface area (Å²) in [6, 6.07) is 7.02. The van der Waals surface area contributed by atoms with Gasteiger partial charge in [-0.05, 0) is 25.0 Å². The summed E-state index contributed by atoms with van der Waals surface area (Å²) >= 11 is 1.42. The molecule has 0 radical (unpaired) electrons. The Balaban J connectivity index is 2.47. The second kappa shape index (κ2) is 7.84. The molecule has 0 aliphatic carbocycles. The molecule has 1 unspecified atom stereocenters. The van der Waals surface area contributed by atoms with E-state index in [1.165, 1.54) is 11.8 Å². The summed E-state index contributed by atoms with van der Waals surface area (Å²) in [6.45, 7) is 3.88. The molecular weight excluding hydrogens is 262 g/mol. The first-order valence-corrected chi connectivity index (χ1v) is 7.23. The van der Waals surface area contributed by atoms with Crippen molar-refractivity contribution in [2.45, 2.75) is 37.6 Å². The molecule has 0 bridgehead atoms. The number of carbonyl (C=O) groups is 2. The molecule has 0 spiro atoms. The van der Waals surface area contributed by atoms with Crippen LogP contribution in [0.1, 0.15) is 25.3 Å². The summed E-state index contributed by atoms with van der Waals surface area (Å²) in [5.41, 5.74) is 1.11. The predicted molar refractivity (Wildman–Crippen MR) is 76.4 cm³/mol. The maximum atomic E-state index is 11.7. The van der Waals surface area contributed by atoms with Gasteiger partial charge in [0, 0.05) is 4.90 Å². The van der Waals surface area contributed by atoms with Crippen LogP contribution in [0.25, 0.3) is 0 Å². The molecular formula is C14H19NO3S. The average Bonchev–Trinajstić information content (AvgIpc) is 2.37. The van der Waals surface area contributed by atoms with Gasteiger partial charge in [-0.3, -0.25) is 4.79 Å². The Kier molecular flexibility index (Phi) is 6.42. The van der Waals surface area contributed by atoms with E-state index in [0.29, 0.717) is 6.42 Å². The first kappa shape index (κ1) is 15.6. The fourth-order valence-corrected chi connectivity index (χ4v) is 2.48. The Morgan fingerprint density at radius 3 is 2.63 bits per heavy atom. The van der Waals surface area contributed by atoms with Crippen molar-refractivity contribution in [2.24, 2.45) is 0 Å². The van der Waals surface area contributed by atoms with Gasteiger partial charge in [-0.1, -0.05) is 31.5 Å². The SMILES string of the molecule is CCCC(NC(=O)CSc1ccccc1C)C(=O)O. The molecule has 1 amide bonds. The molecule has 0 heterocycles. The average molecular weight is 281 g/mol. The second-order valence-electron chi connectivity index (χ2n) is 4.30. The van der Waals surface area contributed by atoms with Crippen molar-refractivity contribution in [3.05, 3.63) is 29.8 Å². The molecule has 104 valence electrons. The third kappa shape index (κ3) is 5.34. The molecule has 0 fully saturated rings. The van der Waals surface area contributed by atoms with E-state index >= 15 is 0 Å². The number of thioether (sulfide) groups is 1. The van der Waals surface area contributed by atoms with Crippen LogP contribution in [0.2, 0.25) is 0 Å². The molecule has 1 aromatic carbocycles. The predicted octanol–water partition coefficient (Wildman–Crippen LogP) is 2.46. The minimum absolute atomic E-state index is 0.234. The van der Waals surface area contributed by atoms with E-state index in [4.69, 9.17) is 5.11 Å². The number of hydrogen-bond acceptors (Lipinski definition) is 3. The molecule has 5 heteroatoms. The van der Waals surface area contributed by atoms with Gasteiger partial charge in [0.2, 0.25) is 5.91 Å². The fraction of sp³-hybridized carbons (Fsp3) is 0.429. The summed E-state index contributed by atoms with van der Waals surface area (Å²) in [5, 5.41) is 11.5. The quantitative estimate of drug-likeness (QED) is 0.753. The van der Waals surface area contributed by atoms with Gasteiger partial charge in [0.15, 0.2) is 0 Å². The number of carbonyl (C=O) groups excluding carboxylic acids is 1. The van der Waals surface area contributed by atoms with Gasteiger partial charge in [-0.25, -0.2) is 4.79 Å². The van der Waals surface area contributed by atoms with E-state index < -0.39 is 12.0 Å². The fourth-order valence-electron chi connectivity index (χ4n) is 1.64. The van der Waals surface area contributed by atoms with Crippen molar-refractivity contribution in [2.75, 3.05) is 5.75 Å². The van der Waals surface area contributed by atoms with Crippen molar-refractivity contribution < 1.29 is 14.7 Å². The molecule has 0 aliphatic rings. The topological polar surface area (TPSA) is 66.4 Å². The Hall–Kier alpha value is -1.49. The molecule has 1 atom stereocenters. The van der Waals surface area contributed by atoms with E-state index in [1.807, 2.05) is 38.1 Å². The lowest BCUT2D eigenvalue weighted by molar-refractivity contribution is -0.141. The van der Waals surface area contributed by atoms with Crippen LogP contribution in [0, 0.1) is 6.92 Å². The molecule has 0 aromatic heterocycles. The van der Waals surface area contributed by atoms with Crippen LogP contribution in [0.15, 0.2) is 29.2 Å². The van der Waals surface area contributed by atoms with Crippen LogP contribution in [0.4, 0.5) is 0 Å². The summed E-state index contributed by atoms with van der Waals surface area (Å²) in [7, 11) is 0. The second-order valence-corrected chi connectivity index (χ2v) is 5.32.